The molecule has 0 aromatic carbocycles. The number of hydrogen-bond donors (Lipinski definition) is 1. The zero-order valence-electron chi connectivity index (χ0n) is 5.42. The van der Waals surface area contributed by atoms with Crippen molar-refractivity contribution < 1.29 is 19.0 Å². The van der Waals surface area contributed by atoms with Gasteiger partial charge >= 0.3 is 5.97 Å². The maximum atomic E-state index is 12.3. The van der Waals surface area contributed by atoms with E-state index in [0.29, 0.717) is 6.42 Å². The van der Waals surface area contributed by atoms with Gasteiger partial charge in [0, 0.05) is 0 Å². The van der Waals surface area contributed by atoms with Gasteiger partial charge in [0.1, 0.15) is 6.17 Å². The first-order chi connectivity index (χ1) is 4.70. The van der Waals surface area contributed by atoms with Crippen molar-refractivity contribution in [3.63, 3.8) is 0 Å². The summed E-state index contributed by atoms with van der Waals surface area (Å²) in [5.41, 5.74) is 0. The van der Waals surface area contributed by atoms with E-state index >= 15 is 0 Å². The number of ether oxygens (including phenoxy) is 1. The van der Waals surface area contributed by atoms with Crippen molar-refractivity contribution >= 4 is 5.97 Å². The minimum Gasteiger partial charge on any atom is -0.479 e. The number of halogens is 1. The molecule has 0 amide bonds. The SMILES string of the molecule is O=C(O)[C@H]1CC[C@H](F)CO1. The van der Waals surface area contributed by atoms with Crippen LogP contribution in [0.2, 0.25) is 0 Å². The molecule has 4 heteroatoms. The largest absolute Gasteiger partial charge is 0.479 e. The Hall–Kier alpha value is -0.640. The van der Waals surface area contributed by atoms with Crippen LogP contribution in [0.4, 0.5) is 4.39 Å². The van der Waals surface area contributed by atoms with Crippen LogP contribution in [0, 0.1) is 0 Å². The van der Waals surface area contributed by atoms with E-state index < -0.39 is 18.2 Å². The van der Waals surface area contributed by atoms with Crippen LogP contribution in [0.15, 0.2) is 0 Å². The zero-order valence-corrected chi connectivity index (χ0v) is 5.42. The smallest absolute Gasteiger partial charge is 0.332 e. The number of hydrogen-bond acceptors (Lipinski definition) is 2. The first-order valence-electron chi connectivity index (χ1n) is 3.18. The molecule has 0 aromatic heterocycles. The molecule has 1 aliphatic heterocycles. The summed E-state index contributed by atoms with van der Waals surface area (Å²) < 4.78 is 17.0. The van der Waals surface area contributed by atoms with Crippen LogP contribution in [-0.2, 0) is 9.53 Å². The van der Waals surface area contributed by atoms with Gasteiger partial charge in [-0.3, -0.25) is 0 Å². The lowest BCUT2D eigenvalue weighted by molar-refractivity contribution is -0.155. The molecule has 10 heavy (non-hydrogen) atoms. The molecule has 1 saturated heterocycles. The van der Waals surface area contributed by atoms with Crippen molar-refractivity contribution in [2.45, 2.75) is 25.1 Å². The molecule has 0 bridgehead atoms. The molecule has 1 aliphatic rings. The molecule has 2 atom stereocenters. The van der Waals surface area contributed by atoms with Gasteiger partial charge in [0.25, 0.3) is 0 Å². The predicted molar refractivity (Wildman–Crippen MR) is 31.5 cm³/mol. The number of alkyl halides is 1. The molecule has 0 radical (unpaired) electrons. The average molecular weight is 148 g/mol. The standard InChI is InChI=1S/C6H9FO3/c7-4-1-2-5(6(8)9)10-3-4/h4-5H,1-3H2,(H,8,9)/t4-,5+/m0/s1. The van der Waals surface area contributed by atoms with E-state index in [-0.39, 0.29) is 13.0 Å². The second kappa shape index (κ2) is 2.96. The van der Waals surface area contributed by atoms with E-state index in [4.69, 9.17) is 5.11 Å². The quantitative estimate of drug-likeness (QED) is 0.591. The molecular formula is C6H9FO3. The molecule has 1 N–H and O–H groups in total. The number of carbonyl (C=O) groups is 1. The highest BCUT2D eigenvalue weighted by Gasteiger charge is 2.25. The Balaban J connectivity index is 2.33. The van der Waals surface area contributed by atoms with Crippen LogP contribution >= 0.6 is 0 Å². The van der Waals surface area contributed by atoms with E-state index in [2.05, 4.69) is 4.74 Å². The van der Waals surface area contributed by atoms with Gasteiger partial charge in [0.15, 0.2) is 6.10 Å². The van der Waals surface area contributed by atoms with Crippen molar-refractivity contribution in [1.29, 1.82) is 0 Å². The molecule has 0 saturated carbocycles. The van der Waals surface area contributed by atoms with E-state index in [9.17, 15) is 9.18 Å². The second-order valence-electron chi connectivity index (χ2n) is 2.33. The fourth-order valence-electron chi connectivity index (χ4n) is 0.914. The van der Waals surface area contributed by atoms with Crippen molar-refractivity contribution in [2.24, 2.45) is 0 Å². The van der Waals surface area contributed by atoms with Crippen LogP contribution in [0.5, 0.6) is 0 Å². The van der Waals surface area contributed by atoms with Gasteiger partial charge in [0.2, 0.25) is 0 Å². The molecule has 0 unspecified atom stereocenters. The third kappa shape index (κ3) is 1.67. The highest BCUT2D eigenvalue weighted by atomic mass is 19.1. The van der Waals surface area contributed by atoms with Crippen molar-refractivity contribution in [1.82, 2.24) is 0 Å². The summed E-state index contributed by atoms with van der Waals surface area (Å²) in [6, 6.07) is 0. The van der Waals surface area contributed by atoms with Gasteiger partial charge in [-0.1, -0.05) is 0 Å². The fourth-order valence-corrected chi connectivity index (χ4v) is 0.914. The molecular weight excluding hydrogens is 139 g/mol. The molecule has 58 valence electrons. The summed E-state index contributed by atoms with van der Waals surface area (Å²) in [7, 11) is 0. The first-order valence-corrected chi connectivity index (χ1v) is 3.18. The molecule has 0 aromatic rings. The highest BCUT2D eigenvalue weighted by molar-refractivity contribution is 5.72. The first kappa shape index (κ1) is 7.47. The molecule has 3 nitrogen and oxygen atoms in total. The maximum absolute atomic E-state index is 12.3. The van der Waals surface area contributed by atoms with E-state index in [1.54, 1.807) is 0 Å². The molecule has 0 spiro atoms. The lowest BCUT2D eigenvalue weighted by Crippen LogP contribution is -2.32. The van der Waals surface area contributed by atoms with Gasteiger partial charge in [-0.15, -0.1) is 0 Å². The van der Waals surface area contributed by atoms with E-state index in [1.807, 2.05) is 0 Å². The highest BCUT2D eigenvalue weighted by Crippen LogP contribution is 2.15. The lowest BCUT2D eigenvalue weighted by Gasteiger charge is -2.21. The van der Waals surface area contributed by atoms with E-state index in [1.165, 1.54) is 0 Å². The van der Waals surface area contributed by atoms with Crippen molar-refractivity contribution in [2.75, 3.05) is 6.61 Å². The fraction of sp³-hybridized carbons (Fsp3) is 0.833. The molecule has 1 heterocycles. The number of carboxylic acids is 1. The molecule has 0 aliphatic carbocycles. The Morgan fingerprint density at radius 1 is 1.60 bits per heavy atom. The van der Waals surface area contributed by atoms with Gasteiger partial charge < -0.3 is 9.84 Å². The number of carboxylic acid groups (broad SMARTS) is 1. The Morgan fingerprint density at radius 2 is 2.30 bits per heavy atom. The minimum absolute atomic E-state index is 0.0725. The van der Waals surface area contributed by atoms with Crippen LogP contribution in [0.3, 0.4) is 0 Å². The summed E-state index contributed by atoms with van der Waals surface area (Å²) >= 11 is 0. The Bertz CT molecular complexity index is 129. The summed E-state index contributed by atoms with van der Waals surface area (Å²) in [5.74, 6) is -0.994. The normalized spacial score (nSPS) is 33.7. The van der Waals surface area contributed by atoms with E-state index in [0.717, 1.165) is 0 Å². The van der Waals surface area contributed by atoms with Gasteiger partial charge in [0.05, 0.1) is 6.61 Å². The lowest BCUT2D eigenvalue weighted by atomic mass is 10.1. The Kier molecular flexibility index (Phi) is 2.21. The van der Waals surface area contributed by atoms with Gasteiger partial charge in [-0.25, -0.2) is 9.18 Å². The third-order valence-electron chi connectivity index (χ3n) is 1.50. The Morgan fingerprint density at radius 3 is 2.70 bits per heavy atom. The van der Waals surface area contributed by atoms with Crippen LogP contribution in [-0.4, -0.2) is 30.0 Å². The predicted octanol–water partition coefficient (Wildman–Crippen LogP) is 0.588. The topological polar surface area (TPSA) is 46.5 Å². The van der Waals surface area contributed by atoms with Crippen molar-refractivity contribution in [3.05, 3.63) is 0 Å². The minimum atomic E-state index is -0.994. The summed E-state index contributed by atoms with van der Waals surface area (Å²) in [6.07, 6.45) is -1.17. The maximum Gasteiger partial charge on any atom is 0.332 e. The van der Waals surface area contributed by atoms with Crippen LogP contribution in [0.1, 0.15) is 12.8 Å². The molecule has 1 fully saturated rings. The number of rotatable bonds is 1. The van der Waals surface area contributed by atoms with Crippen LogP contribution < -0.4 is 0 Å². The summed E-state index contributed by atoms with van der Waals surface area (Å²) in [6.45, 7) is -0.0725. The Labute approximate surface area is 57.8 Å². The van der Waals surface area contributed by atoms with Crippen LogP contribution in [0.25, 0.3) is 0 Å². The second-order valence-corrected chi connectivity index (χ2v) is 2.33. The van der Waals surface area contributed by atoms with Crippen molar-refractivity contribution in [3.8, 4) is 0 Å². The number of aliphatic carboxylic acids is 1. The zero-order chi connectivity index (χ0) is 7.56. The average Bonchev–Trinajstić information content (AvgIpc) is 1.88. The molecule has 1 rings (SSSR count). The summed E-state index contributed by atoms with van der Waals surface area (Å²) in [4.78, 5) is 10.2. The summed E-state index contributed by atoms with van der Waals surface area (Å²) in [5, 5.41) is 8.38. The monoisotopic (exact) mass is 148 g/mol. The van der Waals surface area contributed by atoms with Gasteiger partial charge in [-0.2, -0.15) is 0 Å². The third-order valence-corrected chi connectivity index (χ3v) is 1.50. The van der Waals surface area contributed by atoms with Gasteiger partial charge in [-0.05, 0) is 12.8 Å².